The van der Waals surface area contributed by atoms with Crippen molar-refractivity contribution in [1.82, 2.24) is 10.4 Å². The number of rotatable bonds is 4. The normalized spacial score (nSPS) is 14.1. The maximum Gasteiger partial charge on any atom is 0.292 e. The molecule has 0 atom stereocenters. The Balaban J connectivity index is 1.40. The van der Waals surface area contributed by atoms with Gasteiger partial charge in [0.15, 0.2) is 5.76 Å². The second-order valence-electron chi connectivity index (χ2n) is 8.05. The van der Waals surface area contributed by atoms with Crippen molar-refractivity contribution in [2.24, 2.45) is 5.10 Å². The highest BCUT2D eigenvalue weighted by Crippen LogP contribution is 2.30. The van der Waals surface area contributed by atoms with E-state index in [0.29, 0.717) is 46.3 Å². The smallest absolute Gasteiger partial charge is 0.292 e. The molecule has 0 bridgehead atoms. The number of aryl methyl sites for hydroxylation is 1. The number of benzene rings is 2. The van der Waals surface area contributed by atoms with Crippen LogP contribution >= 0.6 is 11.6 Å². The van der Waals surface area contributed by atoms with Crippen molar-refractivity contribution in [2.75, 3.05) is 5.32 Å². The number of hydrazone groups is 1. The number of hydrogen-bond acceptors (Lipinski definition) is 5. The summed E-state index contributed by atoms with van der Waals surface area (Å²) in [7, 11) is 0. The summed E-state index contributed by atoms with van der Waals surface area (Å²) in [6, 6.07) is 16.6. The quantitative estimate of drug-likeness (QED) is 0.382. The number of aromatic nitrogens is 1. The molecule has 0 radical (unpaired) electrons. The molecule has 0 fully saturated rings. The maximum absolute atomic E-state index is 12.9. The fourth-order valence-corrected chi connectivity index (χ4v) is 4.33. The third-order valence-corrected chi connectivity index (χ3v) is 6.05. The molecule has 0 saturated carbocycles. The Hall–Kier alpha value is -3.97. The number of fused-ring (bicyclic) bond motifs is 2. The fourth-order valence-electron chi connectivity index (χ4n) is 4.22. The topological polar surface area (TPSA) is 96.6 Å². The zero-order valence-electron chi connectivity index (χ0n) is 18.4. The van der Waals surface area contributed by atoms with Crippen LogP contribution in [-0.2, 0) is 6.42 Å². The van der Waals surface area contributed by atoms with Crippen LogP contribution in [0.1, 0.15) is 50.6 Å². The number of nitrogens with zero attached hydrogens (tertiary/aromatic N) is 2. The van der Waals surface area contributed by atoms with Crippen LogP contribution in [0.5, 0.6) is 0 Å². The highest BCUT2D eigenvalue weighted by molar-refractivity contribution is 6.30. The Labute approximate surface area is 200 Å². The first kappa shape index (κ1) is 21.9. The van der Waals surface area contributed by atoms with E-state index in [-0.39, 0.29) is 11.7 Å². The van der Waals surface area contributed by atoms with E-state index in [1.54, 1.807) is 18.2 Å². The number of carbonyl (C=O) groups is 2. The molecule has 2 amide bonds. The number of anilines is 1. The van der Waals surface area contributed by atoms with Crippen LogP contribution in [0.3, 0.4) is 0 Å². The van der Waals surface area contributed by atoms with Crippen LogP contribution in [0.2, 0.25) is 5.02 Å². The average Bonchev–Trinajstić information content (AvgIpc) is 3.20. The summed E-state index contributed by atoms with van der Waals surface area (Å²) < 4.78 is 5.91. The fraction of sp³-hybridized carbons (Fsp3) is 0.154. The molecule has 34 heavy (non-hydrogen) atoms. The highest BCUT2D eigenvalue weighted by Gasteiger charge is 2.28. The van der Waals surface area contributed by atoms with Gasteiger partial charge in [0.1, 0.15) is 11.6 Å². The predicted molar refractivity (Wildman–Crippen MR) is 132 cm³/mol. The molecule has 1 aliphatic carbocycles. The van der Waals surface area contributed by atoms with Crippen molar-refractivity contribution >= 4 is 45.7 Å². The molecule has 7 nitrogen and oxygen atoms in total. The summed E-state index contributed by atoms with van der Waals surface area (Å²) in [5, 5.41) is 9.49. The van der Waals surface area contributed by atoms with Gasteiger partial charge in [-0.15, -0.1) is 0 Å². The third kappa shape index (κ3) is 4.18. The monoisotopic (exact) mass is 472 g/mol. The minimum Gasteiger partial charge on any atom is -0.455 e. The van der Waals surface area contributed by atoms with Crippen LogP contribution in [0.25, 0.3) is 10.8 Å². The van der Waals surface area contributed by atoms with Gasteiger partial charge in [0.05, 0.1) is 10.7 Å². The van der Waals surface area contributed by atoms with Gasteiger partial charge < -0.3 is 9.73 Å². The second-order valence-corrected chi connectivity index (χ2v) is 8.49. The first-order valence-electron chi connectivity index (χ1n) is 10.9. The highest BCUT2D eigenvalue weighted by atomic mass is 35.5. The summed E-state index contributed by atoms with van der Waals surface area (Å²) in [6.45, 7) is 1.82. The van der Waals surface area contributed by atoms with Gasteiger partial charge in [-0.05, 0) is 48.7 Å². The van der Waals surface area contributed by atoms with Crippen LogP contribution in [0.4, 0.5) is 5.82 Å². The summed E-state index contributed by atoms with van der Waals surface area (Å²) >= 11 is 5.86. The van der Waals surface area contributed by atoms with E-state index in [4.69, 9.17) is 16.0 Å². The molecule has 8 heteroatoms. The van der Waals surface area contributed by atoms with Gasteiger partial charge in [-0.1, -0.05) is 48.0 Å². The molecular weight excluding hydrogens is 452 g/mol. The molecule has 0 spiro atoms. The zero-order valence-corrected chi connectivity index (χ0v) is 19.1. The number of pyridine rings is 1. The number of furan rings is 1. The van der Waals surface area contributed by atoms with Crippen LogP contribution in [0.15, 0.2) is 70.3 Å². The molecule has 170 valence electrons. The van der Waals surface area contributed by atoms with Crippen molar-refractivity contribution in [1.29, 1.82) is 0 Å². The minimum absolute atomic E-state index is 0.205. The summed E-state index contributed by atoms with van der Waals surface area (Å²) in [6.07, 6.45) is 3.63. The average molecular weight is 473 g/mol. The molecule has 1 aliphatic rings. The van der Waals surface area contributed by atoms with Crippen LogP contribution in [0, 0.1) is 6.92 Å². The Bertz CT molecular complexity index is 1440. The molecule has 2 aromatic heterocycles. The van der Waals surface area contributed by atoms with Gasteiger partial charge in [0, 0.05) is 29.3 Å². The van der Waals surface area contributed by atoms with E-state index in [0.717, 1.165) is 22.8 Å². The minimum atomic E-state index is -0.402. The van der Waals surface area contributed by atoms with E-state index in [2.05, 4.69) is 20.8 Å². The molecular formula is C26H21ClN4O3. The first-order valence-corrected chi connectivity index (χ1v) is 11.3. The second kappa shape index (κ2) is 9.11. The molecule has 2 N–H and O–H groups in total. The lowest BCUT2D eigenvalue weighted by molar-refractivity contribution is 0.0955. The molecule has 0 unspecified atom stereocenters. The lowest BCUT2D eigenvalue weighted by Crippen LogP contribution is -2.22. The van der Waals surface area contributed by atoms with Crippen molar-refractivity contribution in [3.8, 4) is 0 Å². The van der Waals surface area contributed by atoms with Crippen LogP contribution < -0.4 is 10.7 Å². The summed E-state index contributed by atoms with van der Waals surface area (Å²) in [5.74, 6) is 0.581. The van der Waals surface area contributed by atoms with E-state index < -0.39 is 5.91 Å². The van der Waals surface area contributed by atoms with Gasteiger partial charge in [-0.3, -0.25) is 9.59 Å². The molecule has 0 aliphatic heterocycles. The standard InChI is InChI=1S/C26H21ClN4O3/c1-15-23-20(30-31-25(32)19-9-4-7-16-6-2-3-8-18(16)19)10-5-11-21(23)34-24(15)26(33)29-22-13-12-17(27)14-28-22/h2-4,6-9,12-14H,5,10-11H2,1H3,(H,31,32)(H,28,29,33)/b30-20+. The number of halogens is 1. The van der Waals surface area contributed by atoms with Gasteiger partial charge in [0.2, 0.25) is 0 Å². The third-order valence-electron chi connectivity index (χ3n) is 5.83. The lowest BCUT2D eigenvalue weighted by Gasteiger charge is -2.13. The maximum atomic E-state index is 12.9. The molecule has 2 aromatic carbocycles. The molecule has 2 heterocycles. The van der Waals surface area contributed by atoms with Gasteiger partial charge >= 0.3 is 0 Å². The Morgan fingerprint density at radius 1 is 1.03 bits per heavy atom. The SMILES string of the molecule is Cc1c(C(=O)Nc2ccc(Cl)cn2)oc2c1/C(=N/NC(=O)c1cccc3ccccc13)CCC2. The Morgan fingerprint density at radius 3 is 2.68 bits per heavy atom. The van der Waals surface area contributed by atoms with Crippen LogP contribution in [-0.4, -0.2) is 22.5 Å². The Kier molecular flexibility index (Phi) is 5.86. The number of carbonyl (C=O) groups excluding carboxylic acids is 2. The predicted octanol–water partition coefficient (Wildman–Crippen LogP) is 5.51. The van der Waals surface area contributed by atoms with Crippen molar-refractivity contribution in [3.63, 3.8) is 0 Å². The van der Waals surface area contributed by atoms with E-state index in [1.165, 1.54) is 6.20 Å². The van der Waals surface area contributed by atoms with E-state index in [1.807, 2.05) is 43.3 Å². The molecule has 5 rings (SSSR count). The summed E-state index contributed by atoms with van der Waals surface area (Å²) in [5.41, 5.74) is 5.40. The largest absolute Gasteiger partial charge is 0.455 e. The van der Waals surface area contributed by atoms with E-state index in [9.17, 15) is 9.59 Å². The van der Waals surface area contributed by atoms with E-state index >= 15 is 0 Å². The summed E-state index contributed by atoms with van der Waals surface area (Å²) in [4.78, 5) is 29.8. The van der Waals surface area contributed by atoms with Crippen molar-refractivity contribution in [3.05, 3.63) is 94.0 Å². The lowest BCUT2D eigenvalue weighted by atomic mass is 9.93. The molecule has 4 aromatic rings. The molecule has 0 saturated heterocycles. The Morgan fingerprint density at radius 2 is 1.85 bits per heavy atom. The van der Waals surface area contributed by atoms with Gasteiger partial charge in [0.25, 0.3) is 11.8 Å². The number of nitrogens with one attached hydrogen (secondary N) is 2. The number of amides is 2. The van der Waals surface area contributed by atoms with Gasteiger partial charge in [-0.2, -0.15) is 5.10 Å². The van der Waals surface area contributed by atoms with Crippen molar-refractivity contribution in [2.45, 2.75) is 26.2 Å². The zero-order chi connectivity index (χ0) is 23.7. The van der Waals surface area contributed by atoms with Gasteiger partial charge in [-0.25, -0.2) is 10.4 Å². The van der Waals surface area contributed by atoms with Crippen molar-refractivity contribution < 1.29 is 14.0 Å². The number of hydrogen-bond donors (Lipinski definition) is 2. The first-order chi connectivity index (χ1) is 16.5.